The third-order valence-electron chi connectivity index (χ3n) is 4.11. The topological polar surface area (TPSA) is 33.2 Å². The molecule has 23 heavy (non-hydrogen) atoms. The van der Waals surface area contributed by atoms with E-state index in [9.17, 15) is 13.6 Å². The molecular weight excluding hydrogens is 318 g/mol. The Morgan fingerprint density at radius 3 is 2.70 bits per heavy atom. The maximum Gasteiger partial charge on any atom is 0.265 e. The quantitative estimate of drug-likeness (QED) is 0.820. The summed E-state index contributed by atoms with van der Waals surface area (Å²) in [6.45, 7) is 5.28. The van der Waals surface area contributed by atoms with E-state index in [0.717, 1.165) is 37.3 Å². The number of hydrogen-bond acceptors (Lipinski definition) is 3. The fourth-order valence-electron chi connectivity index (χ4n) is 2.92. The SMILES string of the molecule is Cc1nc(-c2c(F)cccc2F)sc1C(=O)N1CCCC(C)C1. The first-order valence-electron chi connectivity index (χ1n) is 7.68. The van der Waals surface area contributed by atoms with Crippen LogP contribution in [0.15, 0.2) is 18.2 Å². The van der Waals surface area contributed by atoms with Gasteiger partial charge in [-0.05, 0) is 37.8 Å². The van der Waals surface area contributed by atoms with Gasteiger partial charge < -0.3 is 4.90 Å². The first-order chi connectivity index (χ1) is 11.0. The molecule has 1 atom stereocenters. The van der Waals surface area contributed by atoms with Crippen LogP contribution in [0.1, 0.15) is 35.1 Å². The molecule has 1 aliphatic heterocycles. The number of amides is 1. The minimum atomic E-state index is -0.663. The molecule has 6 heteroatoms. The molecule has 1 saturated heterocycles. The van der Waals surface area contributed by atoms with E-state index in [-0.39, 0.29) is 16.5 Å². The van der Waals surface area contributed by atoms with Crippen LogP contribution in [0.3, 0.4) is 0 Å². The number of carbonyl (C=O) groups is 1. The maximum atomic E-state index is 13.9. The molecule has 0 aliphatic carbocycles. The van der Waals surface area contributed by atoms with E-state index in [1.807, 2.05) is 4.90 Å². The van der Waals surface area contributed by atoms with E-state index in [2.05, 4.69) is 11.9 Å². The van der Waals surface area contributed by atoms with Gasteiger partial charge in [-0.2, -0.15) is 0 Å². The van der Waals surface area contributed by atoms with Crippen molar-refractivity contribution in [2.45, 2.75) is 26.7 Å². The summed E-state index contributed by atoms with van der Waals surface area (Å²) >= 11 is 1.06. The van der Waals surface area contributed by atoms with Crippen LogP contribution < -0.4 is 0 Å². The molecule has 1 aromatic carbocycles. The average molecular weight is 336 g/mol. The van der Waals surface area contributed by atoms with Crippen molar-refractivity contribution in [1.82, 2.24) is 9.88 Å². The smallest absolute Gasteiger partial charge is 0.265 e. The lowest BCUT2D eigenvalue weighted by atomic mass is 10.0. The fraction of sp³-hybridized carbons (Fsp3) is 0.412. The van der Waals surface area contributed by atoms with E-state index in [1.165, 1.54) is 18.2 Å². The standard InChI is InChI=1S/C17H18F2N2OS/c1-10-5-4-8-21(9-10)17(22)15-11(2)20-16(23-15)14-12(18)6-3-7-13(14)19/h3,6-7,10H,4-5,8-9H2,1-2H3. The molecule has 1 unspecified atom stereocenters. The van der Waals surface area contributed by atoms with Crippen LogP contribution in [0, 0.1) is 24.5 Å². The number of aromatic nitrogens is 1. The van der Waals surface area contributed by atoms with Gasteiger partial charge in [0, 0.05) is 13.1 Å². The van der Waals surface area contributed by atoms with Crippen LogP contribution in [0.5, 0.6) is 0 Å². The number of benzene rings is 1. The highest BCUT2D eigenvalue weighted by Gasteiger charge is 2.26. The van der Waals surface area contributed by atoms with Gasteiger partial charge in [-0.25, -0.2) is 13.8 Å². The summed E-state index contributed by atoms with van der Waals surface area (Å²) in [4.78, 5) is 19.2. The van der Waals surface area contributed by atoms with Crippen molar-refractivity contribution in [1.29, 1.82) is 0 Å². The lowest BCUT2D eigenvalue weighted by Crippen LogP contribution is -2.39. The number of thiazole rings is 1. The van der Waals surface area contributed by atoms with Gasteiger partial charge in [-0.15, -0.1) is 11.3 Å². The molecule has 0 N–H and O–H groups in total. The van der Waals surface area contributed by atoms with Gasteiger partial charge in [0.1, 0.15) is 21.5 Å². The van der Waals surface area contributed by atoms with Crippen molar-refractivity contribution in [2.24, 2.45) is 5.92 Å². The second-order valence-corrected chi connectivity index (χ2v) is 7.03. The predicted molar refractivity (Wildman–Crippen MR) is 86.5 cm³/mol. The zero-order valence-corrected chi connectivity index (χ0v) is 13.9. The molecule has 2 heterocycles. The molecule has 0 bridgehead atoms. The number of carbonyl (C=O) groups excluding carboxylic acids is 1. The van der Waals surface area contributed by atoms with Crippen molar-refractivity contribution in [3.8, 4) is 10.6 Å². The van der Waals surface area contributed by atoms with Crippen LogP contribution in [-0.2, 0) is 0 Å². The minimum absolute atomic E-state index is 0.0884. The molecule has 3 rings (SSSR count). The molecular formula is C17H18F2N2OS. The zero-order chi connectivity index (χ0) is 16.6. The van der Waals surface area contributed by atoms with Gasteiger partial charge in [-0.1, -0.05) is 13.0 Å². The summed E-state index contributed by atoms with van der Waals surface area (Å²) in [5.74, 6) is -0.937. The molecule has 1 amide bonds. The van der Waals surface area contributed by atoms with Gasteiger partial charge in [0.05, 0.1) is 11.3 Å². The molecule has 0 radical (unpaired) electrons. The van der Waals surface area contributed by atoms with Gasteiger partial charge in [0.25, 0.3) is 5.91 Å². The summed E-state index contributed by atoms with van der Waals surface area (Å²) < 4.78 is 27.8. The number of likely N-dealkylation sites (tertiary alicyclic amines) is 1. The van der Waals surface area contributed by atoms with Crippen molar-refractivity contribution in [3.63, 3.8) is 0 Å². The van der Waals surface area contributed by atoms with Crippen molar-refractivity contribution in [3.05, 3.63) is 40.4 Å². The van der Waals surface area contributed by atoms with Crippen molar-refractivity contribution < 1.29 is 13.6 Å². The lowest BCUT2D eigenvalue weighted by Gasteiger charge is -2.30. The third kappa shape index (κ3) is 3.13. The summed E-state index contributed by atoms with van der Waals surface area (Å²) in [5.41, 5.74) is 0.363. The Labute approximate surface area is 138 Å². The first-order valence-corrected chi connectivity index (χ1v) is 8.50. The second-order valence-electron chi connectivity index (χ2n) is 6.03. The highest BCUT2D eigenvalue weighted by atomic mass is 32.1. The van der Waals surface area contributed by atoms with E-state index in [4.69, 9.17) is 0 Å². The predicted octanol–water partition coefficient (Wildman–Crippen LogP) is 4.27. The minimum Gasteiger partial charge on any atom is -0.338 e. The van der Waals surface area contributed by atoms with E-state index < -0.39 is 11.6 Å². The summed E-state index contributed by atoms with van der Waals surface area (Å²) in [7, 11) is 0. The highest BCUT2D eigenvalue weighted by molar-refractivity contribution is 7.17. The summed E-state index contributed by atoms with van der Waals surface area (Å²) in [5, 5.41) is 0.214. The summed E-state index contributed by atoms with van der Waals surface area (Å²) in [6.07, 6.45) is 2.11. The zero-order valence-electron chi connectivity index (χ0n) is 13.1. The molecule has 3 nitrogen and oxygen atoms in total. The van der Waals surface area contributed by atoms with Crippen LogP contribution in [0.25, 0.3) is 10.6 Å². The second kappa shape index (κ2) is 6.35. The highest BCUT2D eigenvalue weighted by Crippen LogP contribution is 2.33. The van der Waals surface area contributed by atoms with E-state index in [0.29, 0.717) is 16.5 Å². The van der Waals surface area contributed by atoms with Crippen molar-refractivity contribution in [2.75, 3.05) is 13.1 Å². The number of piperidine rings is 1. The average Bonchev–Trinajstić information content (AvgIpc) is 2.88. The first kappa shape index (κ1) is 16.1. The van der Waals surface area contributed by atoms with Crippen LogP contribution in [-0.4, -0.2) is 28.9 Å². The number of halogens is 2. The molecule has 122 valence electrons. The van der Waals surface area contributed by atoms with Crippen LogP contribution >= 0.6 is 11.3 Å². The Bertz CT molecular complexity index is 724. The monoisotopic (exact) mass is 336 g/mol. The molecule has 0 spiro atoms. The Hall–Kier alpha value is -1.82. The Balaban J connectivity index is 1.94. The molecule has 1 fully saturated rings. The normalized spacial score (nSPS) is 18.3. The number of aryl methyl sites for hydroxylation is 1. The van der Waals surface area contributed by atoms with E-state index in [1.54, 1.807) is 6.92 Å². The van der Waals surface area contributed by atoms with E-state index >= 15 is 0 Å². The molecule has 1 aliphatic rings. The van der Waals surface area contributed by atoms with Crippen molar-refractivity contribution >= 4 is 17.2 Å². The lowest BCUT2D eigenvalue weighted by molar-refractivity contribution is 0.0687. The van der Waals surface area contributed by atoms with Gasteiger partial charge in [0.15, 0.2) is 0 Å². The number of hydrogen-bond donors (Lipinski definition) is 0. The largest absolute Gasteiger partial charge is 0.338 e. The maximum absolute atomic E-state index is 13.9. The number of rotatable bonds is 2. The molecule has 0 saturated carbocycles. The van der Waals surface area contributed by atoms with Gasteiger partial charge >= 0.3 is 0 Å². The van der Waals surface area contributed by atoms with Crippen LogP contribution in [0.4, 0.5) is 8.78 Å². The molecule has 1 aromatic heterocycles. The third-order valence-corrected chi connectivity index (χ3v) is 5.27. The van der Waals surface area contributed by atoms with Gasteiger partial charge in [-0.3, -0.25) is 4.79 Å². The Morgan fingerprint density at radius 1 is 1.35 bits per heavy atom. The molecule has 2 aromatic rings. The number of nitrogens with zero attached hydrogens (tertiary/aromatic N) is 2. The van der Waals surface area contributed by atoms with Crippen LogP contribution in [0.2, 0.25) is 0 Å². The summed E-state index contributed by atoms with van der Waals surface area (Å²) in [6, 6.07) is 3.71. The van der Waals surface area contributed by atoms with Gasteiger partial charge in [0.2, 0.25) is 0 Å². The Morgan fingerprint density at radius 2 is 2.04 bits per heavy atom. The Kier molecular flexibility index (Phi) is 4.43. The fourth-order valence-corrected chi connectivity index (χ4v) is 4.00.